The van der Waals surface area contributed by atoms with Crippen molar-refractivity contribution in [2.75, 3.05) is 10.2 Å². The van der Waals surface area contributed by atoms with Gasteiger partial charge in [-0.2, -0.15) is 5.26 Å². The number of nitrogens with one attached hydrogen (secondary N) is 3. The summed E-state index contributed by atoms with van der Waals surface area (Å²) >= 11 is 1.25. The summed E-state index contributed by atoms with van der Waals surface area (Å²) in [7, 11) is 0. The Morgan fingerprint density at radius 3 is 2.43 bits per heavy atom. The van der Waals surface area contributed by atoms with E-state index < -0.39 is 0 Å². The van der Waals surface area contributed by atoms with E-state index in [9.17, 15) is 19.6 Å². The number of pyridine rings is 1. The number of carbonyl (C=O) groups excluding carboxylic acids is 3. The Balaban J connectivity index is 1.05. The van der Waals surface area contributed by atoms with Gasteiger partial charge in [0, 0.05) is 18.3 Å². The van der Waals surface area contributed by atoms with Crippen molar-refractivity contribution in [3.8, 4) is 17.6 Å². The first-order chi connectivity index (χ1) is 22.4. The topological polar surface area (TPSA) is 136 Å². The molecule has 0 bridgehead atoms. The van der Waals surface area contributed by atoms with Gasteiger partial charge in [0.2, 0.25) is 0 Å². The number of aryl methyl sites for hydroxylation is 1. The lowest BCUT2D eigenvalue weighted by atomic mass is 9.91. The molecule has 0 spiro atoms. The molecule has 46 heavy (non-hydrogen) atoms. The van der Waals surface area contributed by atoms with Crippen molar-refractivity contribution >= 4 is 56.5 Å². The molecular formula is C35H32N6O4S. The number of para-hydroxylation sites is 1. The summed E-state index contributed by atoms with van der Waals surface area (Å²) in [6.07, 6.45) is 8.27. The summed E-state index contributed by atoms with van der Waals surface area (Å²) in [6.45, 7) is 1.92. The Labute approximate surface area is 270 Å². The number of anilines is 3. The minimum absolute atomic E-state index is 0.0402. The maximum atomic E-state index is 13.6. The molecule has 4 amide bonds. The summed E-state index contributed by atoms with van der Waals surface area (Å²) < 4.78 is 5.98. The lowest BCUT2D eigenvalue weighted by Gasteiger charge is -2.30. The van der Waals surface area contributed by atoms with Crippen molar-refractivity contribution in [3.05, 3.63) is 82.9 Å². The van der Waals surface area contributed by atoms with E-state index in [1.54, 1.807) is 23.2 Å². The average molecular weight is 633 g/mol. The highest BCUT2D eigenvalue weighted by Crippen LogP contribution is 2.46. The second-order valence-electron chi connectivity index (χ2n) is 12.0. The third-order valence-corrected chi connectivity index (χ3v) is 9.72. The van der Waals surface area contributed by atoms with Crippen molar-refractivity contribution in [3.63, 3.8) is 0 Å². The molecule has 0 unspecified atom stereocenters. The summed E-state index contributed by atoms with van der Waals surface area (Å²) in [5.74, 6) is 1.16. The molecule has 2 aliphatic carbocycles. The molecule has 0 atom stereocenters. The number of ether oxygens (including phenoxy) is 1. The lowest BCUT2D eigenvalue weighted by molar-refractivity contribution is -0.118. The van der Waals surface area contributed by atoms with Gasteiger partial charge < -0.3 is 20.7 Å². The van der Waals surface area contributed by atoms with E-state index >= 15 is 0 Å². The molecule has 0 radical (unpaired) electrons. The molecule has 232 valence electrons. The molecule has 3 heterocycles. The van der Waals surface area contributed by atoms with Gasteiger partial charge in [-0.05, 0) is 93.3 Å². The van der Waals surface area contributed by atoms with Crippen molar-refractivity contribution in [2.45, 2.75) is 57.5 Å². The predicted octanol–water partition coefficient (Wildman–Crippen LogP) is 7.10. The zero-order chi connectivity index (χ0) is 31.8. The van der Waals surface area contributed by atoms with Crippen molar-refractivity contribution in [1.82, 2.24) is 15.6 Å². The van der Waals surface area contributed by atoms with Crippen LogP contribution in [-0.2, 0) is 4.79 Å². The number of carbonyl (C=O) groups is 3. The number of nitrogens with zero attached hydrogens (tertiary/aromatic N) is 3. The fourth-order valence-electron chi connectivity index (χ4n) is 6.11. The molecule has 2 fully saturated rings. The van der Waals surface area contributed by atoms with Crippen molar-refractivity contribution in [2.24, 2.45) is 5.92 Å². The Hall–Kier alpha value is -5.21. The summed E-state index contributed by atoms with van der Waals surface area (Å²) in [6, 6.07) is 18.4. The molecule has 0 saturated heterocycles. The lowest BCUT2D eigenvalue weighted by Crippen LogP contribution is -2.44. The summed E-state index contributed by atoms with van der Waals surface area (Å²) in [5, 5.41) is 19.2. The van der Waals surface area contributed by atoms with Gasteiger partial charge >= 0.3 is 6.03 Å². The number of nitriles is 1. The molecule has 2 aromatic carbocycles. The number of hydrogen-bond donors (Lipinski definition) is 3. The van der Waals surface area contributed by atoms with Gasteiger partial charge in [-0.1, -0.05) is 24.3 Å². The molecule has 3 aliphatic rings. The number of allylic oxidation sites excluding steroid dienone is 1. The first kappa shape index (κ1) is 29.5. The van der Waals surface area contributed by atoms with Gasteiger partial charge in [-0.25, -0.2) is 9.78 Å². The number of hydrogen-bond acceptors (Lipinski definition) is 7. The third-order valence-electron chi connectivity index (χ3n) is 8.63. The van der Waals surface area contributed by atoms with Gasteiger partial charge in [0.15, 0.2) is 0 Å². The minimum Gasteiger partial charge on any atom is -0.457 e. The van der Waals surface area contributed by atoms with E-state index in [0.29, 0.717) is 64.1 Å². The fraction of sp³-hybridized carbons (Fsp3) is 0.286. The summed E-state index contributed by atoms with van der Waals surface area (Å²) in [5.41, 5.74) is 2.86. The Morgan fingerprint density at radius 2 is 1.74 bits per heavy atom. The SMILES string of the molecule is Cc1cc(Oc2ccccc2)ccc1N1C(=O)Nc2c(C(=O)N[C@H]3CC[C@H](NC(=O)/C(C#N)=C/C4CC4)CC3)sc3nccc1c23. The van der Waals surface area contributed by atoms with Gasteiger partial charge in [0.25, 0.3) is 11.8 Å². The van der Waals surface area contributed by atoms with Crippen molar-refractivity contribution in [1.29, 1.82) is 5.26 Å². The number of rotatable bonds is 8. The maximum absolute atomic E-state index is 13.6. The zero-order valence-electron chi connectivity index (χ0n) is 25.2. The van der Waals surface area contributed by atoms with Crippen LogP contribution in [0.2, 0.25) is 0 Å². The first-order valence-electron chi connectivity index (χ1n) is 15.5. The van der Waals surface area contributed by atoms with Crippen LogP contribution in [0.25, 0.3) is 10.2 Å². The molecule has 7 rings (SSSR count). The Bertz CT molecular complexity index is 1920. The highest BCUT2D eigenvalue weighted by atomic mass is 32.1. The van der Waals surface area contributed by atoms with E-state index in [0.717, 1.165) is 29.5 Å². The van der Waals surface area contributed by atoms with Crippen LogP contribution in [-0.4, -0.2) is 34.9 Å². The quantitative estimate of drug-likeness (QED) is 0.140. The van der Waals surface area contributed by atoms with Crippen LogP contribution in [0.1, 0.15) is 53.8 Å². The van der Waals surface area contributed by atoms with E-state index in [2.05, 4.69) is 20.9 Å². The Kier molecular flexibility index (Phi) is 7.88. The van der Waals surface area contributed by atoms with Crippen LogP contribution in [0.3, 0.4) is 0 Å². The molecule has 10 nitrogen and oxygen atoms in total. The molecule has 2 saturated carbocycles. The average Bonchev–Trinajstić information content (AvgIpc) is 3.81. The second kappa shape index (κ2) is 12.3. The first-order valence-corrected chi connectivity index (χ1v) is 16.3. The van der Waals surface area contributed by atoms with Crippen LogP contribution in [0.5, 0.6) is 11.5 Å². The number of aromatic nitrogens is 1. The smallest absolute Gasteiger partial charge is 0.331 e. The number of amides is 4. The predicted molar refractivity (Wildman–Crippen MR) is 177 cm³/mol. The normalized spacial score (nSPS) is 19.3. The van der Waals surface area contributed by atoms with E-state index in [1.165, 1.54) is 11.3 Å². The van der Waals surface area contributed by atoms with Gasteiger partial charge in [0.1, 0.15) is 32.8 Å². The van der Waals surface area contributed by atoms with Gasteiger partial charge in [0.05, 0.1) is 22.4 Å². The van der Waals surface area contributed by atoms with E-state index in [4.69, 9.17) is 4.74 Å². The number of thiophene rings is 1. The van der Waals surface area contributed by atoms with Gasteiger partial charge in [-0.15, -0.1) is 11.3 Å². The maximum Gasteiger partial charge on any atom is 0.331 e. The van der Waals surface area contributed by atoms with Crippen LogP contribution in [0.15, 0.2) is 72.4 Å². The standard InChI is InChI=1S/C35H32N6O4S/c1-20-17-26(45-25-5-3-2-4-6-25)13-14-27(20)41-28-15-16-37-34-29(28)30(40-35(41)44)31(46-34)33(43)39-24-11-9-23(10-12-24)38-32(42)22(19-36)18-21-7-8-21/h2-6,13-18,21,23-24H,7-12H2,1H3,(H,38,42)(H,39,43)(H,40,44)/b22-18+/t23-,24-. The third kappa shape index (κ3) is 5.91. The fourth-order valence-corrected chi connectivity index (χ4v) is 7.13. The van der Waals surface area contributed by atoms with E-state index in [1.807, 2.05) is 61.5 Å². The summed E-state index contributed by atoms with van der Waals surface area (Å²) in [4.78, 5) is 47.0. The van der Waals surface area contributed by atoms with Crippen molar-refractivity contribution < 1.29 is 19.1 Å². The molecular weight excluding hydrogens is 600 g/mol. The van der Waals surface area contributed by atoms with Crippen LogP contribution < -0.4 is 25.6 Å². The zero-order valence-corrected chi connectivity index (χ0v) is 26.0. The minimum atomic E-state index is -0.365. The highest BCUT2D eigenvalue weighted by molar-refractivity contribution is 7.21. The molecule has 2 aromatic heterocycles. The monoisotopic (exact) mass is 632 g/mol. The molecule has 4 aromatic rings. The van der Waals surface area contributed by atoms with Crippen LogP contribution in [0.4, 0.5) is 21.9 Å². The highest BCUT2D eigenvalue weighted by Gasteiger charge is 2.34. The molecule has 11 heteroatoms. The van der Waals surface area contributed by atoms with E-state index in [-0.39, 0.29) is 35.5 Å². The number of benzene rings is 2. The second-order valence-corrected chi connectivity index (χ2v) is 13.0. The van der Waals surface area contributed by atoms with Crippen LogP contribution >= 0.6 is 11.3 Å². The van der Waals surface area contributed by atoms with Gasteiger partial charge in [-0.3, -0.25) is 14.5 Å². The molecule has 3 N–H and O–H groups in total. The van der Waals surface area contributed by atoms with Crippen LogP contribution in [0, 0.1) is 24.2 Å². The number of urea groups is 1. The largest absolute Gasteiger partial charge is 0.457 e. The molecule has 1 aliphatic heterocycles. The Morgan fingerprint density at radius 1 is 1.00 bits per heavy atom.